The summed E-state index contributed by atoms with van der Waals surface area (Å²) in [6.07, 6.45) is 13.3. The number of alkyl halides is 2. The number of piperidine rings is 3. The van der Waals surface area contributed by atoms with Crippen LogP contribution in [0.3, 0.4) is 0 Å². The quantitative estimate of drug-likeness (QED) is 0.322. The third-order valence-electron chi connectivity index (χ3n) is 13.9. The van der Waals surface area contributed by atoms with Crippen LogP contribution in [0, 0.1) is 29.6 Å². The summed E-state index contributed by atoms with van der Waals surface area (Å²) in [5, 5.41) is 3.62. The maximum absolute atomic E-state index is 14.5. The number of rotatable bonds is 5. The van der Waals surface area contributed by atoms with Crippen molar-refractivity contribution in [1.82, 2.24) is 20.0 Å². The molecule has 0 aromatic carbocycles. The van der Waals surface area contributed by atoms with Gasteiger partial charge in [-0.2, -0.15) is 0 Å². The minimum Gasteiger partial charge on any atom is -0.366 e. The summed E-state index contributed by atoms with van der Waals surface area (Å²) in [6.45, 7) is 24.0. The van der Waals surface area contributed by atoms with E-state index in [9.17, 15) is 8.78 Å². The van der Waals surface area contributed by atoms with Gasteiger partial charge in [0, 0.05) is 60.8 Å². The highest BCUT2D eigenvalue weighted by atomic mass is 19.1. The lowest BCUT2D eigenvalue weighted by Gasteiger charge is -2.53. The fraction of sp³-hybridized carbons (Fsp3) is 0.950. The molecule has 0 amide bonds. The molecule has 2 saturated carbocycles. The highest BCUT2D eigenvalue weighted by Crippen LogP contribution is 2.60. The minimum atomic E-state index is -0.588. The first-order chi connectivity index (χ1) is 22.2. The molecule has 4 nitrogen and oxygen atoms in total. The van der Waals surface area contributed by atoms with E-state index >= 15 is 0 Å². The predicted molar refractivity (Wildman–Crippen MR) is 191 cm³/mol. The van der Waals surface area contributed by atoms with Crippen molar-refractivity contribution in [2.75, 3.05) is 32.7 Å². The van der Waals surface area contributed by atoms with Gasteiger partial charge in [0.15, 0.2) is 0 Å². The van der Waals surface area contributed by atoms with E-state index in [0.717, 1.165) is 81.5 Å². The molecule has 11 atom stereocenters. The predicted octanol–water partition coefficient (Wildman–Crippen LogP) is 9.01. The van der Waals surface area contributed by atoms with Crippen molar-refractivity contribution in [3.8, 4) is 0 Å². The van der Waals surface area contributed by atoms with Gasteiger partial charge in [-0.3, -0.25) is 0 Å². The zero-order chi connectivity index (χ0) is 33.2. The Hall–Kier alpha value is -0.720. The fourth-order valence-electron chi connectivity index (χ4n) is 11.9. The lowest BCUT2D eigenvalue weighted by atomic mass is 9.65. The molecule has 2 bridgehead atoms. The largest absolute Gasteiger partial charge is 0.366 e. The number of halogens is 2. The Labute approximate surface area is 282 Å². The summed E-state index contributed by atoms with van der Waals surface area (Å²) in [5.41, 5.74) is 3.55. The molecule has 4 saturated heterocycles. The van der Waals surface area contributed by atoms with Crippen molar-refractivity contribution in [2.45, 2.75) is 181 Å². The van der Waals surface area contributed by atoms with E-state index in [4.69, 9.17) is 0 Å². The van der Waals surface area contributed by atoms with Crippen molar-refractivity contribution in [3.05, 3.63) is 11.3 Å². The maximum Gasteiger partial charge on any atom is 0.102 e. The average molecular weight is 647 g/mol. The number of likely N-dealkylation sites (tertiary alicyclic amines) is 2. The van der Waals surface area contributed by atoms with Gasteiger partial charge >= 0.3 is 0 Å². The second kappa shape index (κ2) is 15.9. The maximum atomic E-state index is 14.5. The van der Waals surface area contributed by atoms with Crippen molar-refractivity contribution < 1.29 is 8.78 Å². The van der Waals surface area contributed by atoms with Crippen LogP contribution in [-0.2, 0) is 0 Å². The summed E-state index contributed by atoms with van der Waals surface area (Å²) in [7, 11) is 0. The Morgan fingerprint density at radius 1 is 0.826 bits per heavy atom. The first kappa shape index (κ1) is 36.6. The molecule has 1 N–H and O–H groups in total. The molecule has 46 heavy (non-hydrogen) atoms. The van der Waals surface area contributed by atoms with E-state index in [-0.39, 0.29) is 5.54 Å². The smallest absolute Gasteiger partial charge is 0.102 e. The highest BCUT2D eigenvalue weighted by molar-refractivity contribution is 5.36. The molecule has 0 aromatic rings. The summed E-state index contributed by atoms with van der Waals surface area (Å²) < 4.78 is 28.0. The first-order valence-corrected chi connectivity index (χ1v) is 20.2. The van der Waals surface area contributed by atoms with E-state index in [1.165, 1.54) is 64.6 Å². The van der Waals surface area contributed by atoms with Crippen LogP contribution in [0.15, 0.2) is 11.3 Å². The van der Waals surface area contributed by atoms with Crippen LogP contribution >= 0.6 is 0 Å². The van der Waals surface area contributed by atoms with Crippen LogP contribution in [0.5, 0.6) is 0 Å². The number of nitrogens with one attached hydrogen (secondary N) is 1. The molecule has 0 radical (unpaired) electrons. The molecule has 5 heterocycles. The first-order valence-electron chi connectivity index (χ1n) is 20.2. The lowest BCUT2D eigenvalue weighted by molar-refractivity contribution is -0.0113. The minimum absolute atomic E-state index is 0.120. The molecular formula is C40H72F2N4. The number of nitrogens with zero attached hydrogens (tertiary/aromatic N) is 3. The van der Waals surface area contributed by atoms with E-state index in [1.807, 2.05) is 13.8 Å². The molecule has 6 fully saturated rings. The van der Waals surface area contributed by atoms with Gasteiger partial charge in [-0.05, 0) is 154 Å². The van der Waals surface area contributed by atoms with Crippen molar-refractivity contribution in [3.63, 3.8) is 0 Å². The summed E-state index contributed by atoms with van der Waals surface area (Å²) in [5.74, 6) is 3.75. The molecule has 7 rings (SSSR count). The fourth-order valence-corrected chi connectivity index (χ4v) is 11.9. The Morgan fingerprint density at radius 3 is 2.20 bits per heavy atom. The van der Waals surface area contributed by atoms with Crippen LogP contribution in [-0.4, -0.2) is 89.5 Å². The molecule has 5 aliphatic heterocycles. The standard InChI is InChI=1S/C22H37FN2.C16H29FN2.C2H6/c1-5-24-14-17(9-8-16(24)4)21-19-11-10-18(23)13-22(19)12-6-7-20(21)25(22)15(2)3;1-3-19-10-12(5-4-11(19)2)15-9-18-16-8-13(17)6-7-14(15)16;1-2/h15-19H,5-14H2,1-4H3;11-16,18H,3-10H2,1-2H3;1-2H3/t16-,17-,18?,19?,22?;11-,12?,13?,14?,15?,16?;/m11./s1. The highest BCUT2D eigenvalue weighted by Gasteiger charge is 2.58. The van der Waals surface area contributed by atoms with Crippen LogP contribution in [0.2, 0.25) is 0 Å². The van der Waals surface area contributed by atoms with Gasteiger partial charge in [0.25, 0.3) is 0 Å². The molecular weight excluding hydrogens is 574 g/mol. The number of hydrogen-bond donors (Lipinski definition) is 1. The number of allylic oxidation sites excluding steroid dienone is 1. The third kappa shape index (κ3) is 7.11. The molecule has 1 spiro atoms. The summed E-state index contributed by atoms with van der Waals surface area (Å²) in [6, 6.07) is 2.46. The van der Waals surface area contributed by atoms with Crippen LogP contribution in [0.1, 0.15) is 139 Å². The second-order valence-corrected chi connectivity index (χ2v) is 16.5. The monoisotopic (exact) mass is 647 g/mol. The van der Waals surface area contributed by atoms with Gasteiger partial charge in [-0.1, -0.05) is 27.7 Å². The molecule has 6 heteroatoms. The topological polar surface area (TPSA) is 21.8 Å². The SMILES string of the molecule is CC.CCN1CC(C2CNC3CC(F)CCC32)CC[C@H]1C.CCN1C[C@H](C2=C3CCCC4(CC(F)CCC24)N3C(C)C)CC[C@H]1C. The van der Waals surface area contributed by atoms with E-state index < -0.39 is 12.3 Å². The molecule has 266 valence electrons. The number of fused-ring (bicyclic) bond motifs is 2. The van der Waals surface area contributed by atoms with Crippen molar-refractivity contribution >= 4 is 0 Å². The lowest BCUT2D eigenvalue weighted by Crippen LogP contribution is -2.57. The average Bonchev–Trinajstić information content (AvgIpc) is 3.54. The van der Waals surface area contributed by atoms with Crippen LogP contribution in [0.25, 0.3) is 0 Å². The summed E-state index contributed by atoms with van der Waals surface area (Å²) in [4.78, 5) is 8.04. The van der Waals surface area contributed by atoms with Gasteiger partial charge in [0.05, 0.1) is 0 Å². The van der Waals surface area contributed by atoms with Gasteiger partial charge in [-0.15, -0.1) is 0 Å². The van der Waals surface area contributed by atoms with Gasteiger partial charge in [0.2, 0.25) is 0 Å². The second-order valence-electron chi connectivity index (χ2n) is 16.5. The number of hydrogen-bond acceptors (Lipinski definition) is 4. The third-order valence-corrected chi connectivity index (χ3v) is 13.9. The molecule has 8 unspecified atom stereocenters. The summed E-state index contributed by atoms with van der Waals surface area (Å²) >= 11 is 0. The van der Waals surface area contributed by atoms with Gasteiger partial charge in [0.1, 0.15) is 12.3 Å². The zero-order valence-corrected chi connectivity index (χ0v) is 31.2. The van der Waals surface area contributed by atoms with E-state index in [1.54, 1.807) is 11.3 Å². The van der Waals surface area contributed by atoms with Crippen molar-refractivity contribution in [1.29, 1.82) is 0 Å². The van der Waals surface area contributed by atoms with Crippen LogP contribution in [0.4, 0.5) is 8.78 Å². The Kier molecular flexibility index (Phi) is 12.6. The van der Waals surface area contributed by atoms with E-state index in [2.05, 4.69) is 61.6 Å². The normalized spacial score (nSPS) is 43.0. The van der Waals surface area contributed by atoms with Crippen molar-refractivity contribution in [2.24, 2.45) is 29.6 Å². The molecule has 7 aliphatic rings. The Balaban J connectivity index is 0.000000178. The van der Waals surface area contributed by atoms with E-state index in [0.29, 0.717) is 23.9 Å². The van der Waals surface area contributed by atoms with Crippen LogP contribution < -0.4 is 5.32 Å². The molecule has 2 aliphatic carbocycles. The molecule has 0 aromatic heterocycles. The van der Waals surface area contributed by atoms with Gasteiger partial charge < -0.3 is 20.0 Å². The van der Waals surface area contributed by atoms with Gasteiger partial charge in [-0.25, -0.2) is 8.78 Å². The Bertz CT molecular complexity index is 1000. The Morgan fingerprint density at radius 2 is 1.50 bits per heavy atom. The zero-order valence-electron chi connectivity index (χ0n) is 31.2.